The lowest BCUT2D eigenvalue weighted by Gasteiger charge is -2.38. The molecule has 1 fully saturated rings. The number of hydrogen-bond acceptors (Lipinski definition) is 4. The molecule has 1 rings (SSSR count). The largest absolute Gasteiger partial charge is 0.459 e. The zero-order valence-electron chi connectivity index (χ0n) is 12.7. The first-order valence-corrected chi connectivity index (χ1v) is 6.84. The molecule has 0 aliphatic carbocycles. The molecular formula is C14H28N2O2. The molecular weight excluding hydrogens is 228 g/mol. The summed E-state index contributed by atoms with van der Waals surface area (Å²) in [6, 6.07) is 0.513. The van der Waals surface area contributed by atoms with Crippen LogP contribution in [-0.2, 0) is 9.53 Å². The summed E-state index contributed by atoms with van der Waals surface area (Å²) in [5.41, 5.74) is -0.396. The van der Waals surface area contributed by atoms with Gasteiger partial charge in [0.25, 0.3) is 0 Å². The van der Waals surface area contributed by atoms with Crippen LogP contribution in [0.2, 0.25) is 0 Å². The Morgan fingerprint density at radius 2 is 1.78 bits per heavy atom. The Bertz CT molecular complexity index is 276. The van der Waals surface area contributed by atoms with Crippen LogP contribution in [0.3, 0.4) is 0 Å². The topological polar surface area (TPSA) is 32.8 Å². The zero-order chi connectivity index (χ0) is 13.9. The normalized spacial score (nSPS) is 21.1. The Kier molecular flexibility index (Phi) is 5.17. The summed E-state index contributed by atoms with van der Waals surface area (Å²) in [5.74, 6) is -0.106. The summed E-state index contributed by atoms with van der Waals surface area (Å²) in [5, 5.41) is 0. The number of piperidine rings is 1. The smallest absolute Gasteiger partial charge is 0.323 e. The van der Waals surface area contributed by atoms with Crippen LogP contribution in [0.5, 0.6) is 0 Å². The van der Waals surface area contributed by atoms with Gasteiger partial charge in [0.05, 0.1) is 0 Å². The van der Waals surface area contributed by atoms with Gasteiger partial charge in [-0.2, -0.15) is 0 Å². The highest BCUT2D eigenvalue weighted by Gasteiger charge is 2.30. The molecule has 18 heavy (non-hydrogen) atoms. The second-order valence-corrected chi connectivity index (χ2v) is 6.44. The Labute approximate surface area is 111 Å². The summed E-state index contributed by atoms with van der Waals surface area (Å²) in [6.45, 7) is 9.64. The van der Waals surface area contributed by atoms with E-state index in [9.17, 15) is 4.79 Å². The van der Waals surface area contributed by atoms with Crippen LogP contribution >= 0.6 is 0 Å². The van der Waals surface area contributed by atoms with Crippen molar-refractivity contribution in [1.29, 1.82) is 0 Å². The van der Waals surface area contributed by atoms with E-state index in [2.05, 4.69) is 23.9 Å². The Hall–Kier alpha value is -0.610. The van der Waals surface area contributed by atoms with Gasteiger partial charge in [0, 0.05) is 19.1 Å². The van der Waals surface area contributed by atoms with Gasteiger partial charge in [0.15, 0.2) is 0 Å². The van der Waals surface area contributed by atoms with Gasteiger partial charge in [0.2, 0.25) is 0 Å². The zero-order valence-corrected chi connectivity index (χ0v) is 12.7. The maximum atomic E-state index is 12.0. The molecule has 1 aliphatic heterocycles. The molecule has 0 bridgehead atoms. The highest BCUT2D eigenvalue weighted by molar-refractivity contribution is 5.75. The summed E-state index contributed by atoms with van der Waals surface area (Å²) >= 11 is 0. The van der Waals surface area contributed by atoms with E-state index in [1.165, 1.54) is 0 Å². The number of esters is 1. The number of nitrogens with zero attached hydrogens (tertiary/aromatic N) is 2. The van der Waals surface area contributed by atoms with Crippen LogP contribution in [0.4, 0.5) is 0 Å². The lowest BCUT2D eigenvalue weighted by atomic mass is 10.0. The highest BCUT2D eigenvalue weighted by Crippen LogP contribution is 2.18. The van der Waals surface area contributed by atoms with Gasteiger partial charge in [-0.1, -0.05) is 0 Å². The number of hydrogen-bond donors (Lipinski definition) is 0. The van der Waals surface area contributed by atoms with Gasteiger partial charge in [-0.05, 0) is 54.6 Å². The summed E-state index contributed by atoms with van der Waals surface area (Å²) in [7, 11) is 4.25. The minimum absolute atomic E-state index is 0.106. The first-order chi connectivity index (χ1) is 8.20. The third-order valence-corrected chi connectivity index (χ3v) is 3.52. The average Bonchev–Trinajstić information content (AvgIpc) is 2.26. The molecule has 1 heterocycles. The van der Waals surface area contributed by atoms with Crippen molar-refractivity contribution in [2.24, 2.45) is 0 Å². The van der Waals surface area contributed by atoms with Crippen LogP contribution in [0.25, 0.3) is 0 Å². The molecule has 0 spiro atoms. The molecule has 0 amide bonds. The first-order valence-electron chi connectivity index (χ1n) is 6.84. The predicted octanol–water partition coefficient (Wildman–Crippen LogP) is 1.74. The molecule has 0 aromatic heterocycles. The number of carbonyl (C=O) groups excluding carboxylic acids is 1. The van der Waals surface area contributed by atoms with E-state index in [1.54, 1.807) is 0 Å². The molecule has 1 atom stereocenters. The third kappa shape index (κ3) is 4.58. The number of rotatable bonds is 3. The quantitative estimate of drug-likeness (QED) is 0.720. The Morgan fingerprint density at radius 3 is 2.17 bits per heavy atom. The van der Waals surface area contributed by atoms with Crippen molar-refractivity contribution in [3.05, 3.63) is 0 Å². The van der Waals surface area contributed by atoms with Gasteiger partial charge in [-0.3, -0.25) is 9.69 Å². The molecule has 1 saturated heterocycles. The van der Waals surface area contributed by atoms with Crippen LogP contribution in [0, 0.1) is 0 Å². The van der Waals surface area contributed by atoms with Gasteiger partial charge in [-0.25, -0.2) is 0 Å². The molecule has 1 aliphatic rings. The van der Waals surface area contributed by atoms with E-state index in [1.807, 2.05) is 27.7 Å². The highest BCUT2D eigenvalue weighted by atomic mass is 16.6. The van der Waals surface area contributed by atoms with Gasteiger partial charge < -0.3 is 9.64 Å². The van der Waals surface area contributed by atoms with Gasteiger partial charge in [0.1, 0.15) is 11.6 Å². The van der Waals surface area contributed by atoms with E-state index in [4.69, 9.17) is 4.74 Å². The van der Waals surface area contributed by atoms with Crippen molar-refractivity contribution in [3.8, 4) is 0 Å². The van der Waals surface area contributed by atoms with Gasteiger partial charge in [-0.15, -0.1) is 0 Å². The van der Waals surface area contributed by atoms with Crippen LogP contribution in [0.1, 0.15) is 40.5 Å². The third-order valence-electron chi connectivity index (χ3n) is 3.52. The summed E-state index contributed by atoms with van der Waals surface area (Å²) in [4.78, 5) is 16.5. The predicted molar refractivity (Wildman–Crippen MR) is 73.6 cm³/mol. The first kappa shape index (κ1) is 15.4. The Balaban J connectivity index is 2.45. The van der Waals surface area contributed by atoms with Crippen molar-refractivity contribution in [1.82, 2.24) is 9.80 Å². The maximum absolute atomic E-state index is 12.0. The minimum Gasteiger partial charge on any atom is -0.459 e. The van der Waals surface area contributed by atoms with Crippen molar-refractivity contribution in [2.75, 3.05) is 27.2 Å². The van der Waals surface area contributed by atoms with E-state index in [0.717, 1.165) is 25.9 Å². The average molecular weight is 256 g/mol. The number of likely N-dealkylation sites (tertiary alicyclic amines) is 1. The molecule has 0 aromatic rings. The van der Waals surface area contributed by atoms with Crippen molar-refractivity contribution >= 4 is 5.97 Å². The SMILES string of the molecule is CC(C(=O)OC(C)(C)C)N1CCC(N(C)C)CC1. The number of ether oxygens (including phenoxy) is 1. The molecule has 4 heteroatoms. The molecule has 106 valence electrons. The van der Waals surface area contributed by atoms with Crippen molar-refractivity contribution in [3.63, 3.8) is 0 Å². The van der Waals surface area contributed by atoms with Crippen LogP contribution in [0.15, 0.2) is 0 Å². The molecule has 4 nitrogen and oxygen atoms in total. The molecule has 0 radical (unpaired) electrons. The summed E-state index contributed by atoms with van der Waals surface area (Å²) < 4.78 is 5.44. The second kappa shape index (κ2) is 6.02. The second-order valence-electron chi connectivity index (χ2n) is 6.44. The lowest BCUT2D eigenvalue weighted by molar-refractivity contribution is -0.161. The lowest BCUT2D eigenvalue weighted by Crippen LogP contribution is -2.49. The molecule has 0 N–H and O–H groups in total. The molecule has 1 unspecified atom stereocenters. The fourth-order valence-corrected chi connectivity index (χ4v) is 2.33. The van der Waals surface area contributed by atoms with E-state index >= 15 is 0 Å². The summed E-state index contributed by atoms with van der Waals surface area (Å²) in [6.07, 6.45) is 2.25. The maximum Gasteiger partial charge on any atom is 0.323 e. The van der Waals surface area contributed by atoms with E-state index in [0.29, 0.717) is 6.04 Å². The monoisotopic (exact) mass is 256 g/mol. The van der Waals surface area contributed by atoms with Crippen LogP contribution in [-0.4, -0.2) is 60.6 Å². The van der Waals surface area contributed by atoms with Gasteiger partial charge >= 0.3 is 5.97 Å². The molecule has 0 saturated carbocycles. The number of carbonyl (C=O) groups is 1. The fraction of sp³-hybridized carbons (Fsp3) is 0.929. The fourth-order valence-electron chi connectivity index (χ4n) is 2.33. The van der Waals surface area contributed by atoms with Crippen molar-refractivity contribution in [2.45, 2.75) is 58.2 Å². The molecule has 0 aromatic carbocycles. The van der Waals surface area contributed by atoms with Crippen LogP contribution < -0.4 is 0 Å². The minimum atomic E-state index is -0.396. The van der Waals surface area contributed by atoms with E-state index < -0.39 is 5.60 Å². The Morgan fingerprint density at radius 1 is 1.28 bits per heavy atom. The van der Waals surface area contributed by atoms with E-state index in [-0.39, 0.29) is 12.0 Å². The standard InChI is InChI=1S/C14H28N2O2/c1-11(13(17)18-14(2,3)4)16-9-7-12(8-10-16)15(5)6/h11-12H,7-10H2,1-6H3. The van der Waals surface area contributed by atoms with Crippen molar-refractivity contribution < 1.29 is 9.53 Å².